The minimum Gasteiger partial charge on any atom is -0.379 e. The van der Waals surface area contributed by atoms with Crippen molar-refractivity contribution in [3.63, 3.8) is 0 Å². The predicted molar refractivity (Wildman–Crippen MR) is 132 cm³/mol. The van der Waals surface area contributed by atoms with E-state index in [1.165, 1.54) is 34.8 Å². The molecular formula is C23H22N4O4S2. The smallest absolute Gasteiger partial charge is 0.270 e. The predicted octanol–water partition coefficient (Wildman–Crippen LogP) is 4.79. The minimum absolute atomic E-state index is 0.0211. The molecule has 8 nitrogen and oxygen atoms in total. The number of non-ortho nitro benzene ring substituents is 1. The molecule has 1 aliphatic heterocycles. The molecule has 1 aliphatic rings. The summed E-state index contributed by atoms with van der Waals surface area (Å²) in [5.41, 5.74) is 0.892. The molecule has 0 N–H and O–H groups in total. The van der Waals surface area contributed by atoms with Gasteiger partial charge in [-0.05, 0) is 30.7 Å². The van der Waals surface area contributed by atoms with Crippen LogP contribution in [0.15, 0.2) is 48.5 Å². The van der Waals surface area contributed by atoms with Gasteiger partial charge in [-0.25, -0.2) is 4.98 Å². The van der Waals surface area contributed by atoms with E-state index >= 15 is 0 Å². The molecule has 0 unspecified atom stereocenters. The molecule has 33 heavy (non-hydrogen) atoms. The largest absolute Gasteiger partial charge is 0.379 e. The van der Waals surface area contributed by atoms with Gasteiger partial charge < -0.3 is 4.74 Å². The Morgan fingerprint density at radius 3 is 2.73 bits per heavy atom. The molecule has 10 heteroatoms. The van der Waals surface area contributed by atoms with Crippen LogP contribution >= 0.6 is 22.7 Å². The molecule has 0 atom stereocenters. The van der Waals surface area contributed by atoms with Crippen molar-refractivity contribution in [2.75, 3.05) is 44.3 Å². The number of carbonyl (C=O) groups is 1. The summed E-state index contributed by atoms with van der Waals surface area (Å²) in [6.45, 7) is 4.73. The second kappa shape index (κ2) is 9.52. The van der Waals surface area contributed by atoms with Crippen molar-refractivity contribution in [2.45, 2.75) is 6.42 Å². The zero-order valence-corrected chi connectivity index (χ0v) is 19.4. The molecule has 0 spiro atoms. The van der Waals surface area contributed by atoms with Gasteiger partial charge in [0.2, 0.25) is 0 Å². The van der Waals surface area contributed by atoms with Crippen molar-refractivity contribution in [1.29, 1.82) is 0 Å². The number of aromatic nitrogens is 1. The molecule has 1 amide bonds. The van der Waals surface area contributed by atoms with Gasteiger partial charge in [-0.3, -0.25) is 24.7 Å². The van der Waals surface area contributed by atoms with Crippen molar-refractivity contribution in [3.8, 4) is 0 Å². The molecule has 0 saturated carbocycles. The van der Waals surface area contributed by atoms with Crippen molar-refractivity contribution >= 4 is 59.7 Å². The molecule has 2 aromatic carbocycles. The molecule has 2 aromatic heterocycles. The highest BCUT2D eigenvalue weighted by atomic mass is 32.1. The summed E-state index contributed by atoms with van der Waals surface area (Å²) in [5, 5.41) is 12.5. The van der Waals surface area contributed by atoms with Crippen LogP contribution < -0.4 is 4.90 Å². The van der Waals surface area contributed by atoms with E-state index in [0.717, 1.165) is 54.2 Å². The number of thiophene rings is 1. The number of amides is 1. The lowest BCUT2D eigenvalue weighted by Gasteiger charge is -2.27. The highest BCUT2D eigenvalue weighted by Crippen LogP contribution is 2.33. The number of hydrogen-bond donors (Lipinski definition) is 0. The van der Waals surface area contributed by atoms with E-state index in [-0.39, 0.29) is 11.6 Å². The van der Waals surface area contributed by atoms with Crippen molar-refractivity contribution in [2.24, 2.45) is 0 Å². The van der Waals surface area contributed by atoms with Gasteiger partial charge in [0.1, 0.15) is 0 Å². The lowest BCUT2D eigenvalue weighted by atomic mass is 10.2. The molecule has 170 valence electrons. The average molecular weight is 483 g/mol. The summed E-state index contributed by atoms with van der Waals surface area (Å²) >= 11 is 2.86. The molecule has 0 radical (unpaired) electrons. The molecule has 0 aliphatic carbocycles. The SMILES string of the molecule is O=C(c1cc2cc([N+](=O)[O-])ccc2s1)N(CCCN1CCOCC1)c1nc2ccccc2s1. The van der Waals surface area contributed by atoms with Crippen molar-refractivity contribution in [1.82, 2.24) is 9.88 Å². The maximum Gasteiger partial charge on any atom is 0.270 e. The van der Waals surface area contributed by atoms with Crippen LogP contribution in [0.5, 0.6) is 0 Å². The summed E-state index contributed by atoms with van der Waals surface area (Å²) in [6, 6.07) is 14.3. The fourth-order valence-electron chi connectivity index (χ4n) is 3.92. The number of nitro groups is 1. The van der Waals surface area contributed by atoms with E-state index in [2.05, 4.69) is 4.90 Å². The lowest BCUT2D eigenvalue weighted by Crippen LogP contribution is -2.39. The Kier molecular flexibility index (Phi) is 6.32. The summed E-state index contributed by atoms with van der Waals surface area (Å²) in [5.74, 6) is -0.125. The first-order chi connectivity index (χ1) is 16.1. The first kappa shape index (κ1) is 21.9. The third-order valence-corrected chi connectivity index (χ3v) is 7.80. The third kappa shape index (κ3) is 4.74. The fourth-order valence-corrected chi connectivity index (χ4v) is 5.90. The Labute approximate surface area is 198 Å². The maximum atomic E-state index is 13.6. The second-order valence-corrected chi connectivity index (χ2v) is 9.91. The van der Waals surface area contributed by atoms with E-state index < -0.39 is 4.92 Å². The number of para-hydroxylation sites is 1. The average Bonchev–Trinajstić information content (AvgIpc) is 3.45. The number of thiazole rings is 1. The summed E-state index contributed by atoms with van der Waals surface area (Å²) in [7, 11) is 0. The molecule has 4 aromatic rings. The number of ether oxygens (including phenoxy) is 1. The lowest BCUT2D eigenvalue weighted by molar-refractivity contribution is -0.384. The molecule has 1 fully saturated rings. The minimum atomic E-state index is -0.419. The van der Waals surface area contributed by atoms with E-state index in [4.69, 9.17) is 9.72 Å². The Bertz CT molecular complexity index is 1280. The monoisotopic (exact) mass is 482 g/mol. The van der Waals surface area contributed by atoms with Gasteiger partial charge in [-0.2, -0.15) is 0 Å². The highest BCUT2D eigenvalue weighted by Gasteiger charge is 2.24. The van der Waals surface area contributed by atoms with Crippen LogP contribution in [-0.4, -0.2) is 60.1 Å². The van der Waals surface area contributed by atoms with Crippen LogP contribution in [0.4, 0.5) is 10.8 Å². The van der Waals surface area contributed by atoms with E-state index in [1.807, 2.05) is 24.3 Å². The Balaban J connectivity index is 1.42. The summed E-state index contributed by atoms with van der Waals surface area (Å²) in [4.78, 5) is 33.7. The van der Waals surface area contributed by atoms with Crippen LogP contribution in [0, 0.1) is 10.1 Å². The standard InChI is InChI=1S/C23H22N4O4S2/c28-22(21-15-16-14-17(27(29)30)6-7-19(16)32-21)26(9-3-8-25-10-12-31-13-11-25)23-24-18-4-1-2-5-20(18)33-23/h1-2,4-7,14-15H,3,8-13H2. The number of anilines is 1. The number of rotatable bonds is 7. The summed E-state index contributed by atoms with van der Waals surface area (Å²) < 4.78 is 7.30. The fraction of sp³-hybridized carbons (Fsp3) is 0.304. The number of carbonyl (C=O) groups excluding carboxylic acids is 1. The van der Waals surface area contributed by atoms with Crippen LogP contribution in [0.1, 0.15) is 16.1 Å². The Morgan fingerprint density at radius 1 is 1.12 bits per heavy atom. The molecule has 3 heterocycles. The third-order valence-electron chi connectivity index (χ3n) is 5.64. The van der Waals surface area contributed by atoms with E-state index in [9.17, 15) is 14.9 Å². The van der Waals surface area contributed by atoms with Crippen LogP contribution in [0.25, 0.3) is 20.3 Å². The number of fused-ring (bicyclic) bond motifs is 2. The zero-order valence-electron chi connectivity index (χ0n) is 17.8. The topological polar surface area (TPSA) is 88.8 Å². The van der Waals surface area contributed by atoms with Gasteiger partial charge >= 0.3 is 0 Å². The maximum absolute atomic E-state index is 13.6. The van der Waals surface area contributed by atoms with Crippen LogP contribution in [0.2, 0.25) is 0 Å². The number of hydrogen-bond acceptors (Lipinski definition) is 8. The first-order valence-corrected chi connectivity index (χ1v) is 12.4. The van der Waals surface area contributed by atoms with E-state index in [0.29, 0.717) is 21.9 Å². The highest BCUT2D eigenvalue weighted by molar-refractivity contribution is 7.23. The Hall–Kier alpha value is -2.92. The van der Waals surface area contributed by atoms with Gasteiger partial charge in [0.15, 0.2) is 5.13 Å². The molecule has 0 bridgehead atoms. The van der Waals surface area contributed by atoms with Crippen LogP contribution in [-0.2, 0) is 4.74 Å². The second-order valence-electron chi connectivity index (χ2n) is 7.82. The van der Waals surface area contributed by atoms with Gasteiger partial charge in [0.05, 0.1) is 33.2 Å². The number of benzene rings is 2. The quantitative estimate of drug-likeness (QED) is 0.278. The van der Waals surface area contributed by atoms with Gasteiger partial charge in [-0.15, -0.1) is 11.3 Å². The molecule has 1 saturated heterocycles. The Morgan fingerprint density at radius 2 is 1.94 bits per heavy atom. The van der Waals surface area contributed by atoms with Gasteiger partial charge in [0, 0.05) is 48.4 Å². The normalized spacial score (nSPS) is 14.7. The zero-order chi connectivity index (χ0) is 22.8. The number of nitrogens with zero attached hydrogens (tertiary/aromatic N) is 4. The van der Waals surface area contributed by atoms with Crippen molar-refractivity contribution < 1.29 is 14.5 Å². The molecule has 5 rings (SSSR count). The summed E-state index contributed by atoms with van der Waals surface area (Å²) in [6.07, 6.45) is 0.817. The first-order valence-electron chi connectivity index (χ1n) is 10.7. The number of morpholine rings is 1. The van der Waals surface area contributed by atoms with Crippen LogP contribution in [0.3, 0.4) is 0 Å². The van der Waals surface area contributed by atoms with Gasteiger partial charge in [-0.1, -0.05) is 23.5 Å². The number of nitro benzene ring substituents is 1. The van der Waals surface area contributed by atoms with Crippen molar-refractivity contribution in [3.05, 3.63) is 63.5 Å². The van der Waals surface area contributed by atoms with Gasteiger partial charge in [0.25, 0.3) is 11.6 Å². The molecular weight excluding hydrogens is 460 g/mol. The van der Waals surface area contributed by atoms with E-state index in [1.54, 1.807) is 17.0 Å².